The molecule has 0 amide bonds. The van der Waals surface area contributed by atoms with Gasteiger partial charge in [0.1, 0.15) is 12.2 Å². The van der Waals surface area contributed by atoms with Gasteiger partial charge in [0.05, 0.1) is 18.4 Å². The topological polar surface area (TPSA) is 72.8 Å². The number of hydrogen-bond donors (Lipinski definition) is 1. The molecule has 5 heteroatoms. The zero-order chi connectivity index (χ0) is 21.1. The molecule has 7 atom stereocenters. The van der Waals surface area contributed by atoms with Crippen LogP contribution in [0.1, 0.15) is 72.6 Å². The van der Waals surface area contributed by atoms with Gasteiger partial charge in [-0.2, -0.15) is 0 Å². The number of fused-ring (bicyclic) bond motifs is 1. The van der Waals surface area contributed by atoms with Gasteiger partial charge >= 0.3 is 11.9 Å². The Morgan fingerprint density at radius 1 is 1.31 bits per heavy atom. The lowest BCUT2D eigenvalue weighted by Gasteiger charge is -2.42. The minimum atomic E-state index is -0.593. The molecule has 0 aromatic rings. The van der Waals surface area contributed by atoms with Crippen LogP contribution in [0.5, 0.6) is 0 Å². The zero-order valence-corrected chi connectivity index (χ0v) is 18.2. The van der Waals surface area contributed by atoms with Crippen LogP contribution in [0, 0.1) is 23.7 Å². The van der Waals surface area contributed by atoms with Gasteiger partial charge in [0, 0.05) is 12.3 Å². The highest BCUT2D eigenvalue weighted by molar-refractivity contribution is 5.72. The number of aliphatic hydroxyl groups is 1. The lowest BCUT2D eigenvalue weighted by Crippen LogP contribution is -2.40. The Kier molecular flexibility index (Phi) is 7.20. The molecule has 3 rings (SSSR count). The molecule has 0 spiro atoms. The molecule has 5 nitrogen and oxygen atoms in total. The van der Waals surface area contributed by atoms with Gasteiger partial charge in [0.15, 0.2) is 0 Å². The summed E-state index contributed by atoms with van der Waals surface area (Å²) in [5.41, 5.74) is 2.64. The van der Waals surface area contributed by atoms with Crippen molar-refractivity contribution in [3.8, 4) is 0 Å². The molecule has 1 heterocycles. The van der Waals surface area contributed by atoms with Gasteiger partial charge in [-0.05, 0) is 56.4 Å². The van der Waals surface area contributed by atoms with Gasteiger partial charge in [-0.25, -0.2) is 0 Å². The van der Waals surface area contributed by atoms with Gasteiger partial charge in [-0.1, -0.05) is 38.5 Å². The monoisotopic (exact) mass is 404 g/mol. The van der Waals surface area contributed by atoms with Crippen molar-refractivity contribution in [1.29, 1.82) is 0 Å². The second-order valence-electron chi connectivity index (χ2n) is 9.43. The number of carbonyl (C=O) groups excluding carboxylic acids is 2. The number of esters is 2. The third-order valence-electron chi connectivity index (χ3n) is 6.75. The predicted molar refractivity (Wildman–Crippen MR) is 111 cm³/mol. The van der Waals surface area contributed by atoms with Crippen LogP contribution in [-0.2, 0) is 19.1 Å². The van der Waals surface area contributed by atoms with E-state index in [-0.39, 0.29) is 42.4 Å². The maximum absolute atomic E-state index is 12.5. The largest absolute Gasteiger partial charge is 0.462 e. The average Bonchev–Trinajstić information content (AvgIpc) is 2.63. The van der Waals surface area contributed by atoms with Crippen molar-refractivity contribution in [2.75, 3.05) is 0 Å². The summed E-state index contributed by atoms with van der Waals surface area (Å²) < 4.78 is 11.5. The molecular weight excluding hydrogens is 368 g/mol. The van der Waals surface area contributed by atoms with Crippen LogP contribution in [0.15, 0.2) is 23.3 Å². The normalized spacial score (nSPS) is 35.7. The van der Waals surface area contributed by atoms with Crippen molar-refractivity contribution < 1.29 is 24.2 Å². The summed E-state index contributed by atoms with van der Waals surface area (Å²) >= 11 is 0. The van der Waals surface area contributed by atoms with E-state index < -0.39 is 6.10 Å². The molecule has 0 saturated carbocycles. The van der Waals surface area contributed by atoms with E-state index >= 15 is 0 Å². The quantitative estimate of drug-likeness (QED) is 0.667. The highest BCUT2D eigenvalue weighted by atomic mass is 16.5. The van der Waals surface area contributed by atoms with Crippen molar-refractivity contribution in [2.45, 2.75) is 91.0 Å². The fraction of sp³-hybridized carbons (Fsp3) is 0.750. The fourth-order valence-corrected chi connectivity index (χ4v) is 5.11. The molecule has 1 fully saturated rings. The Labute approximate surface area is 174 Å². The van der Waals surface area contributed by atoms with Crippen molar-refractivity contribution in [3.63, 3.8) is 0 Å². The Hall–Kier alpha value is -1.62. The van der Waals surface area contributed by atoms with Crippen LogP contribution in [0.3, 0.4) is 0 Å². The van der Waals surface area contributed by atoms with E-state index in [1.807, 2.05) is 13.8 Å². The second-order valence-corrected chi connectivity index (χ2v) is 9.43. The maximum atomic E-state index is 12.5. The molecule has 2 aliphatic carbocycles. The third kappa shape index (κ3) is 5.50. The van der Waals surface area contributed by atoms with E-state index in [4.69, 9.17) is 9.47 Å². The van der Waals surface area contributed by atoms with Gasteiger partial charge < -0.3 is 14.6 Å². The first-order chi connectivity index (χ1) is 13.8. The first-order valence-electron chi connectivity index (χ1n) is 11.2. The van der Waals surface area contributed by atoms with Crippen LogP contribution in [0.25, 0.3) is 0 Å². The first kappa shape index (κ1) is 22.1. The lowest BCUT2D eigenvalue weighted by molar-refractivity contribution is -0.162. The van der Waals surface area contributed by atoms with Crippen molar-refractivity contribution in [1.82, 2.24) is 0 Å². The molecule has 1 N–H and O–H groups in total. The van der Waals surface area contributed by atoms with Crippen LogP contribution < -0.4 is 0 Å². The summed E-state index contributed by atoms with van der Waals surface area (Å²) in [7, 11) is 0. The summed E-state index contributed by atoms with van der Waals surface area (Å²) in [4.78, 5) is 24.2. The molecule has 0 aromatic carbocycles. The second kappa shape index (κ2) is 9.46. The van der Waals surface area contributed by atoms with Gasteiger partial charge in [0.25, 0.3) is 0 Å². The summed E-state index contributed by atoms with van der Waals surface area (Å²) in [6.07, 6.45) is 8.56. The summed E-state index contributed by atoms with van der Waals surface area (Å²) in [5.74, 6) is 0.454. The van der Waals surface area contributed by atoms with Gasteiger partial charge in [-0.3, -0.25) is 9.59 Å². The number of rotatable bonds is 6. The van der Waals surface area contributed by atoms with Crippen molar-refractivity contribution >= 4 is 11.9 Å². The van der Waals surface area contributed by atoms with E-state index in [1.165, 1.54) is 11.1 Å². The SMILES string of the molecule is CC[C@@H](C)C(=O)O[C@@H]1C[C@H](C)C=C2C=C(C)C[C@@H](CCC3C[C@@H](O)CC(=O)O3)[C@@H]21. The number of allylic oxidation sites excluding steroid dienone is 3. The molecule has 1 saturated heterocycles. The molecule has 3 aliphatic rings. The average molecular weight is 405 g/mol. The number of cyclic esters (lactones) is 1. The van der Waals surface area contributed by atoms with Crippen molar-refractivity contribution in [2.24, 2.45) is 23.7 Å². The van der Waals surface area contributed by atoms with Crippen LogP contribution in [0.2, 0.25) is 0 Å². The van der Waals surface area contributed by atoms with Crippen LogP contribution in [-0.4, -0.2) is 35.4 Å². The summed E-state index contributed by atoms with van der Waals surface area (Å²) in [6.45, 7) is 8.28. The molecule has 1 aliphatic heterocycles. The maximum Gasteiger partial charge on any atom is 0.308 e. The van der Waals surface area contributed by atoms with Crippen LogP contribution in [0.4, 0.5) is 0 Å². The Morgan fingerprint density at radius 2 is 2.07 bits per heavy atom. The summed E-state index contributed by atoms with van der Waals surface area (Å²) in [6, 6.07) is 0. The Balaban J connectivity index is 1.73. The molecule has 0 bridgehead atoms. The highest BCUT2D eigenvalue weighted by Gasteiger charge is 2.40. The molecule has 1 unspecified atom stereocenters. The molecule has 0 radical (unpaired) electrons. The minimum absolute atomic E-state index is 0.0814. The standard InChI is InChI=1S/C24H36O5/c1-5-16(4)24(27)29-21-11-15(3)10-18-9-14(2)8-17(23(18)21)6-7-20-12-19(25)13-22(26)28-20/h9-10,15-17,19-21,23,25H,5-8,11-13H2,1-4H3/t15-,16-,17-,19-,20?,21-,23+/m1/s1. The third-order valence-corrected chi connectivity index (χ3v) is 6.75. The van der Waals surface area contributed by atoms with Crippen LogP contribution >= 0.6 is 0 Å². The van der Waals surface area contributed by atoms with Crippen molar-refractivity contribution in [3.05, 3.63) is 23.3 Å². The Bertz CT molecular complexity index is 679. The van der Waals surface area contributed by atoms with Gasteiger partial charge in [-0.15, -0.1) is 0 Å². The van der Waals surface area contributed by atoms with E-state index in [2.05, 4.69) is 26.0 Å². The predicted octanol–water partition coefficient (Wildman–Crippen LogP) is 4.34. The number of hydrogen-bond acceptors (Lipinski definition) is 5. The number of ether oxygens (including phenoxy) is 2. The van der Waals surface area contributed by atoms with Gasteiger partial charge in [0.2, 0.25) is 0 Å². The number of aliphatic hydroxyl groups excluding tert-OH is 1. The minimum Gasteiger partial charge on any atom is -0.462 e. The lowest BCUT2D eigenvalue weighted by atomic mass is 9.67. The molecule has 162 valence electrons. The zero-order valence-electron chi connectivity index (χ0n) is 18.2. The smallest absolute Gasteiger partial charge is 0.308 e. The first-order valence-corrected chi connectivity index (χ1v) is 11.2. The highest BCUT2D eigenvalue weighted by Crippen LogP contribution is 2.45. The fourth-order valence-electron chi connectivity index (χ4n) is 5.11. The molecule has 29 heavy (non-hydrogen) atoms. The number of carbonyl (C=O) groups is 2. The Morgan fingerprint density at radius 3 is 2.76 bits per heavy atom. The molecule has 0 aromatic heterocycles. The molecular formula is C24H36O5. The van der Waals surface area contributed by atoms with E-state index in [9.17, 15) is 14.7 Å². The van der Waals surface area contributed by atoms with E-state index in [1.54, 1.807) is 0 Å². The van der Waals surface area contributed by atoms with E-state index in [0.717, 1.165) is 32.1 Å². The van der Waals surface area contributed by atoms with E-state index in [0.29, 0.717) is 18.3 Å². The summed E-state index contributed by atoms with van der Waals surface area (Å²) in [5, 5.41) is 9.89.